The largest absolute Gasteiger partial charge is 0.396 e. The fraction of sp³-hybridized carbons (Fsp3) is 0.611. The maximum absolute atomic E-state index is 12.3. The molecule has 5 heteroatoms. The molecular weight excluding hydrogens is 292 g/mol. The SMILES string of the molecule is CC(C)(CCO)CNC(=O)c1cccc(CN2CCOCC2)c1. The van der Waals surface area contributed by atoms with Crippen molar-refractivity contribution in [3.05, 3.63) is 35.4 Å². The third-order valence-corrected chi connectivity index (χ3v) is 4.22. The van der Waals surface area contributed by atoms with Crippen LogP contribution in [-0.4, -0.2) is 55.4 Å². The van der Waals surface area contributed by atoms with Gasteiger partial charge in [-0.3, -0.25) is 9.69 Å². The molecule has 1 heterocycles. The molecule has 0 unspecified atom stereocenters. The highest BCUT2D eigenvalue weighted by Gasteiger charge is 2.19. The minimum atomic E-state index is -0.101. The molecule has 2 N–H and O–H groups in total. The van der Waals surface area contributed by atoms with Gasteiger partial charge in [-0.15, -0.1) is 0 Å². The third kappa shape index (κ3) is 5.94. The molecule has 0 aromatic heterocycles. The highest BCUT2D eigenvalue weighted by molar-refractivity contribution is 5.94. The number of nitrogens with one attached hydrogen (secondary N) is 1. The molecule has 1 aliphatic heterocycles. The number of hydrogen-bond donors (Lipinski definition) is 2. The number of amides is 1. The van der Waals surface area contributed by atoms with Crippen LogP contribution >= 0.6 is 0 Å². The van der Waals surface area contributed by atoms with Crippen LogP contribution in [0, 0.1) is 5.41 Å². The van der Waals surface area contributed by atoms with Gasteiger partial charge in [-0.1, -0.05) is 26.0 Å². The Hall–Kier alpha value is -1.43. The van der Waals surface area contributed by atoms with E-state index in [1.165, 1.54) is 0 Å². The van der Waals surface area contributed by atoms with E-state index in [9.17, 15) is 4.79 Å². The number of rotatable bonds is 7. The van der Waals surface area contributed by atoms with Gasteiger partial charge in [0.25, 0.3) is 5.91 Å². The molecule has 1 aliphatic rings. The molecule has 1 fully saturated rings. The summed E-state index contributed by atoms with van der Waals surface area (Å²) in [7, 11) is 0. The number of aliphatic hydroxyl groups excluding tert-OH is 1. The predicted molar refractivity (Wildman–Crippen MR) is 90.4 cm³/mol. The van der Waals surface area contributed by atoms with Crippen molar-refractivity contribution in [3.63, 3.8) is 0 Å². The molecule has 1 amide bonds. The van der Waals surface area contributed by atoms with E-state index in [0.29, 0.717) is 18.5 Å². The molecule has 0 saturated carbocycles. The monoisotopic (exact) mass is 320 g/mol. The van der Waals surface area contributed by atoms with Crippen molar-refractivity contribution >= 4 is 5.91 Å². The molecule has 0 spiro atoms. The quantitative estimate of drug-likeness (QED) is 0.802. The van der Waals surface area contributed by atoms with Crippen LogP contribution < -0.4 is 5.32 Å². The molecule has 0 radical (unpaired) electrons. The van der Waals surface area contributed by atoms with Gasteiger partial charge in [0.15, 0.2) is 0 Å². The number of ether oxygens (including phenoxy) is 1. The van der Waals surface area contributed by atoms with Crippen molar-refractivity contribution in [1.82, 2.24) is 10.2 Å². The van der Waals surface area contributed by atoms with Crippen LogP contribution in [0.15, 0.2) is 24.3 Å². The van der Waals surface area contributed by atoms with Gasteiger partial charge in [-0.2, -0.15) is 0 Å². The fourth-order valence-electron chi connectivity index (χ4n) is 2.64. The molecular formula is C18H28N2O3. The van der Waals surface area contributed by atoms with Crippen molar-refractivity contribution in [1.29, 1.82) is 0 Å². The number of nitrogens with zero attached hydrogens (tertiary/aromatic N) is 1. The first kappa shape index (κ1) is 17.9. The summed E-state index contributed by atoms with van der Waals surface area (Å²) in [4.78, 5) is 14.7. The van der Waals surface area contributed by atoms with Gasteiger partial charge >= 0.3 is 0 Å². The summed E-state index contributed by atoms with van der Waals surface area (Å²) in [5.41, 5.74) is 1.74. The Balaban J connectivity index is 1.91. The summed E-state index contributed by atoms with van der Waals surface area (Å²) < 4.78 is 5.36. The molecule has 1 aromatic carbocycles. The Bertz CT molecular complexity index is 511. The Kier molecular flexibility index (Phi) is 6.57. The van der Waals surface area contributed by atoms with Crippen LogP contribution in [0.3, 0.4) is 0 Å². The zero-order chi connectivity index (χ0) is 16.7. The molecule has 23 heavy (non-hydrogen) atoms. The average molecular weight is 320 g/mol. The lowest BCUT2D eigenvalue weighted by atomic mass is 9.89. The second-order valence-electron chi connectivity index (χ2n) is 6.91. The Morgan fingerprint density at radius 2 is 2.09 bits per heavy atom. The molecule has 0 bridgehead atoms. The summed E-state index contributed by atoms with van der Waals surface area (Å²) in [6.07, 6.45) is 0.671. The van der Waals surface area contributed by atoms with E-state index in [2.05, 4.69) is 16.3 Å². The van der Waals surface area contributed by atoms with E-state index in [1.54, 1.807) is 0 Å². The number of aliphatic hydroxyl groups is 1. The molecule has 1 saturated heterocycles. The minimum absolute atomic E-state index is 0.0557. The van der Waals surface area contributed by atoms with E-state index in [0.717, 1.165) is 38.4 Å². The van der Waals surface area contributed by atoms with E-state index in [1.807, 2.05) is 32.0 Å². The van der Waals surface area contributed by atoms with Gasteiger partial charge in [-0.25, -0.2) is 0 Å². The van der Waals surface area contributed by atoms with Crippen LogP contribution in [0.1, 0.15) is 36.2 Å². The van der Waals surface area contributed by atoms with Gasteiger partial charge in [0.2, 0.25) is 0 Å². The topological polar surface area (TPSA) is 61.8 Å². The zero-order valence-corrected chi connectivity index (χ0v) is 14.2. The van der Waals surface area contributed by atoms with Crippen LogP contribution in [0.2, 0.25) is 0 Å². The standard InChI is InChI=1S/C18H28N2O3/c1-18(2,6-9-21)14-19-17(22)16-5-3-4-15(12-16)13-20-7-10-23-11-8-20/h3-5,12,21H,6-11,13-14H2,1-2H3,(H,19,22). The Morgan fingerprint density at radius 1 is 1.35 bits per heavy atom. The highest BCUT2D eigenvalue weighted by Crippen LogP contribution is 2.18. The van der Waals surface area contributed by atoms with Crippen molar-refractivity contribution in [2.75, 3.05) is 39.5 Å². The summed E-state index contributed by atoms with van der Waals surface area (Å²) in [5, 5.41) is 12.0. The molecule has 1 aromatic rings. The lowest BCUT2D eigenvalue weighted by molar-refractivity contribution is 0.0342. The highest BCUT2D eigenvalue weighted by atomic mass is 16.5. The van der Waals surface area contributed by atoms with Crippen molar-refractivity contribution in [3.8, 4) is 0 Å². The summed E-state index contributed by atoms with van der Waals surface area (Å²) in [6, 6.07) is 7.80. The average Bonchev–Trinajstić information content (AvgIpc) is 2.54. The number of morpholine rings is 1. The first-order chi connectivity index (χ1) is 11.0. The normalized spacial score (nSPS) is 16.3. The Morgan fingerprint density at radius 3 is 2.78 bits per heavy atom. The number of hydrogen-bond acceptors (Lipinski definition) is 4. The van der Waals surface area contributed by atoms with E-state index < -0.39 is 0 Å². The van der Waals surface area contributed by atoms with Gasteiger partial charge in [0.05, 0.1) is 13.2 Å². The van der Waals surface area contributed by atoms with Crippen LogP contribution in [0.5, 0.6) is 0 Å². The smallest absolute Gasteiger partial charge is 0.251 e. The molecule has 128 valence electrons. The van der Waals surface area contributed by atoms with E-state index in [-0.39, 0.29) is 17.9 Å². The number of carbonyl (C=O) groups excluding carboxylic acids is 1. The van der Waals surface area contributed by atoms with Crippen LogP contribution in [0.4, 0.5) is 0 Å². The van der Waals surface area contributed by atoms with Crippen LogP contribution in [-0.2, 0) is 11.3 Å². The van der Waals surface area contributed by atoms with Crippen molar-refractivity contribution in [2.24, 2.45) is 5.41 Å². The van der Waals surface area contributed by atoms with Gasteiger partial charge in [0, 0.05) is 38.3 Å². The maximum atomic E-state index is 12.3. The summed E-state index contributed by atoms with van der Waals surface area (Å²) >= 11 is 0. The summed E-state index contributed by atoms with van der Waals surface area (Å²) in [5.74, 6) is -0.0557. The van der Waals surface area contributed by atoms with Gasteiger partial charge in [0.1, 0.15) is 0 Å². The van der Waals surface area contributed by atoms with Crippen molar-refractivity contribution in [2.45, 2.75) is 26.8 Å². The molecule has 0 atom stereocenters. The fourth-order valence-corrected chi connectivity index (χ4v) is 2.64. The third-order valence-electron chi connectivity index (χ3n) is 4.22. The predicted octanol–water partition coefficient (Wildman–Crippen LogP) is 1.66. The lowest BCUT2D eigenvalue weighted by Crippen LogP contribution is -2.36. The lowest BCUT2D eigenvalue weighted by Gasteiger charge is -2.26. The molecule has 2 rings (SSSR count). The van der Waals surface area contributed by atoms with E-state index >= 15 is 0 Å². The van der Waals surface area contributed by atoms with Crippen molar-refractivity contribution < 1.29 is 14.6 Å². The maximum Gasteiger partial charge on any atom is 0.251 e. The second-order valence-corrected chi connectivity index (χ2v) is 6.91. The first-order valence-corrected chi connectivity index (χ1v) is 8.28. The Labute approximate surface area is 138 Å². The first-order valence-electron chi connectivity index (χ1n) is 8.28. The minimum Gasteiger partial charge on any atom is -0.396 e. The second kappa shape index (κ2) is 8.43. The van der Waals surface area contributed by atoms with Crippen LogP contribution in [0.25, 0.3) is 0 Å². The number of benzene rings is 1. The van der Waals surface area contributed by atoms with E-state index in [4.69, 9.17) is 9.84 Å². The zero-order valence-electron chi connectivity index (χ0n) is 14.2. The molecule has 5 nitrogen and oxygen atoms in total. The van der Waals surface area contributed by atoms with Gasteiger partial charge < -0.3 is 15.2 Å². The summed E-state index contributed by atoms with van der Waals surface area (Å²) in [6.45, 7) is 9.05. The van der Waals surface area contributed by atoms with Gasteiger partial charge in [-0.05, 0) is 29.5 Å². The number of carbonyl (C=O) groups is 1. The molecule has 0 aliphatic carbocycles.